The van der Waals surface area contributed by atoms with Crippen molar-refractivity contribution in [3.8, 4) is 0 Å². The molecule has 0 spiro atoms. The first-order chi connectivity index (χ1) is 5.79. The van der Waals surface area contributed by atoms with Gasteiger partial charge in [0.05, 0.1) is 6.61 Å². The zero-order valence-electron chi connectivity index (χ0n) is 8.12. The van der Waals surface area contributed by atoms with Crippen molar-refractivity contribution in [2.75, 3.05) is 6.61 Å². The molecular weight excluding hydrogens is 164 g/mol. The molecule has 0 atom stereocenters. The highest BCUT2D eigenvalue weighted by Gasteiger charge is 1.93. The van der Waals surface area contributed by atoms with E-state index in [2.05, 4.69) is 0 Å². The molecule has 0 N–H and O–H groups in total. The highest BCUT2D eigenvalue weighted by molar-refractivity contribution is 5.65. The van der Waals surface area contributed by atoms with Gasteiger partial charge in [0, 0.05) is 13.3 Å². The molecule has 0 unspecified atom stereocenters. The van der Waals surface area contributed by atoms with Crippen LogP contribution in [0, 0.1) is 7.43 Å². The predicted molar refractivity (Wildman–Crippen MR) is 53.2 cm³/mol. The third-order valence-corrected chi connectivity index (χ3v) is 1.54. The summed E-state index contributed by atoms with van der Waals surface area (Å²) >= 11 is 0. The van der Waals surface area contributed by atoms with Gasteiger partial charge in [-0.3, -0.25) is 4.79 Å². The number of ether oxygens (including phenoxy) is 1. The maximum absolute atomic E-state index is 10.4. The standard InChI is InChI=1S/C10H12O2.CH3/c1-9(11)12-8-7-10-5-3-2-4-6-10;/h2-6H,7-8H2,1H3;1H3. The number of rotatable bonds is 3. The number of esters is 1. The van der Waals surface area contributed by atoms with E-state index in [1.807, 2.05) is 30.3 Å². The summed E-state index contributed by atoms with van der Waals surface area (Å²) in [5.41, 5.74) is 1.19. The van der Waals surface area contributed by atoms with E-state index in [4.69, 9.17) is 4.74 Å². The Balaban J connectivity index is 0.00000144. The van der Waals surface area contributed by atoms with Crippen molar-refractivity contribution in [3.63, 3.8) is 0 Å². The molecule has 1 rings (SSSR count). The summed E-state index contributed by atoms with van der Waals surface area (Å²) in [6.07, 6.45) is 0.792. The van der Waals surface area contributed by atoms with E-state index in [1.54, 1.807) is 0 Å². The second kappa shape index (κ2) is 6.23. The van der Waals surface area contributed by atoms with Gasteiger partial charge >= 0.3 is 5.97 Å². The van der Waals surface area contributed by atoms with Gasteiger partial charge in [-0.2, -0.15) is 0 Å². The molecule has 0 aromatic heterocycles. The van der Waals surface area contributed by atoms with E-state index < -0.39 is 0 Å². The molecule has 2 nitrogen and oxygen atoms in total. The average molecular weight is 179 g/mol. The first kappa shape index (κ1) is 11.7. The van der Waals surface area contributed by atoms with E-state index in [-0.39, 0.29) is 13.4 Å². The molecule has 0 amide bonds. The van der Waals surface area contributed by atoms with Crippen LogP contribution in [-0.2, 0) is 16.0 Å². The summed E-state index contributed by atoms with van der Waals surface area (Å²) in [4.78, 5) is 10.4. The van der Waals surface area contributed by atoms with E-state index >= 15 is 0 Å². The number of hydrogen-bond acceptors (Lipinski definition) is 2. The molecule has 71 valence electrons. The second-order valence-corrected chi connectivity index (χ2v) is 2.58. The Labute approximate surface area is 79.5 Å². The lowest BCUT2D eigenvalue weighted by Crippen LogP contribution is -2.02. The van der Waals surface area contributed by atoms with Crippen LogP contribution in [-0.4, -0.2) is 12.6 Å². The van der Waals surface area contributed by atoms with Crippen molar-refractivity contribution in [3.05, 3.63) is 43.3 Å². The van der Waals surface area contributed by atoms with Crippen molar-refractivity contribution < 1.29 is 9.53 Å². The van der Waals surface area contributed by atoms with Gasteiger partial charge in [0.2, 0.25) is 0 Å². The fourth-order valence-electron chi connectivity index (χ4n) is 0.957. The molecule has 0 saturated carbocycles. The van der Waals surface area contributed by atoms with Crippen LogP contribution in [0.4, 0.5) is 0 Å². The van der Waals surface area contributed by atoms with Crippen LogP contribution in [0.1, 0.15) is 12.5 Å². The number of carbonyl (C=O) groups is 1. The molecule has 1 aromatic carbocycles. The Morgan fingerprint density at radius 1 is 1.31 bits per heavy atom. The lowest BCUT2D eigenvalue weighted by atomic mass is 10.2. The Kier molecular flexibility index (Phi) is 5.60. The second-order valence-electron chi connectivity index (χ2n) is 2.58. The quantitative estimate of drug-likeness (QED) is 0.665. The van der Waals surface area contributed by atoms with Crippen molar-refractivity contribution in [2.45, 2.75) is 13.3 Å². The molecule has 0 saturated heterocycles. The topological polar surface area (TPSA) is 26.3 Å². The number of benzene rings is 1. The normalized spacial score (nSPS) is 8.69. The van der Waals surface area contributed by atoms with Gasteiger partial charge in [-0.1, -0.05) is 37.8 Å². The van der Waals surface area contributed by atoms with Crippen LogP contribution in [0.2, 0.25) is 0 Å². The van der Waals surface area contributed by atoms with Crippen LogP contribution < -0.4 is 0 Å². The summed E-state index contributed by atoms with van der Waals surface area (Å²) in [5, 5.41) is 0. The molecule has 13 heavy (non-hydrogen) atoms. The molecular formula is C11H15O2. The highest BCUT2D eigenvalue weighted by atomic mass is 16.5. The minimum Gasteiger partial charge on any atom is -0.466 e. The Morgan fingerprint density at radius 3 is 2.46 bits per heavy atom. The monoisotopic (exact) mass is 179 g/mol. The average Bonchev–Trinajstić information content (AvgIpc) is 2.05. The van der Waals surface area contributed by atoms with Gasteiger partial charge < -0.3 is 4.74 Å². The lowest BCUT2D eigenvalue weighted by molar-refractivity contribution is -0.140. The number of carbonyl (C=O) groups excluding carboxylic acids is 1. The Bertz CT molecular complexity index is 242. The molecule has 2 heteroatoms. The minimum atomic E-state index is -0.217. The lowest BCUT2D eigenvalue weighted by Gasteiger charge is -2.00. The van der Waals surface area contributed by atoms with Crippen LogP contribution >= 0.6 is 0 Å². The zero-order chi connectivity index (χ0) is 8.81. The predicted octanol–water partition coefficient (Wildman–Crippen LogP) is 2.24. The van der Waals surface area contributed by atoms with Gasteiger partial charge in [0.1, 0.15) is 0 Å². The van der Waals surface area contributed by atoms with E-state index in [0.717, 1.165) is 6.42 Å². The van der Waals surface area contributed by atoms with E-state index in [0.29, 0.717) is 6.61 Å². The SMILES string of the molecule is CC(=O)OCCc1ccccc1.[CH3]. The smallest absolute Gasteiger partial charge is 0.302 e. The highest BCUT2D eigenvalue weighted by Crippen LogP contribution is 1.99. The Morgan fingerprint density at radius 2 is 1.92 bits per heavy atom. The fraction of sp³-hybridized carbons (Fsp3) is 0.273. The third kappa shape index (κ3) is 5.01. The Hall–Kier alpha value is -1.31. The molecule has 1 aromatic rings. The van der Waals surface area contributed by atoms with Crippen LogP contribution in [0.5, 0.6) is 0 Å². The molecule has 0 heterocycles. The van der Waals surface area contributed by atoms with Gasteiger partial charge in [-0.15, -0.1) is 0 Å². The van der Waals surface area contributed by atoms with Gasteiger partial charge in [-0.05, 0) is 5.56 Å². The van der Waals surface area contributed by atoms with Crippen LogP contribution in [0.25, 0.3) is 0 Å². The molecule has 0 aliphatic heterocycles. The largest absolute Gasteiger partial charge is 0.466 e. The third-order valence-electron chi connectivity index (χ3n) is 1.54. The van der Waals surface area contributed by atoms with Gasteiger partial charge in [-0.25, -0.2) is 0 Å². The molecule has 0 aliphatic rings. The van der Waals surface area contributed by atoms with Crippen molar-refractivity contribution >= 4 is 5.97 Å². The maximum Gasteiger partial charge on any atom is 0.302 e. The first-order valence-electron chi connectivity index (χ1n) is 3.96. The van der Waals surface area contributed by atoms with Crippen LogP contribution in [0.15, 0.2) is 30.3 Å². The van der Waals surface area contributed by atoms with Crippen LogP contribution in [0.3, 0.4) is 0 Å². The van der Waals surface area contributed by atoms with Gasteiger partial charge in [0.15, 0.2) is 0 Å². The molecule has 0 aliphatic carbocycles. The molecule has 0 fully saturated rings. The summed E-state index contributed by atoms with van der Waals surface area (Å²) in [7, 11) is 0. The summed E-state index contributed by atoms with van der Waals surface area (Å²) in [6.45, 7) is 1.89. The first-order valence-corrected chi connectivity index (χ1v) is 3.96. The fourth-order valence-corrected chi connectivity index (χ4v) is 0.957. The van der Waals surface area contributed by atoms with Crippen molar-refractivity contribution in [1.82, 2.24) is 0 Å². The van der Waals surface area contributed by atoms with E-state index in [1.165, 1.54) is 12.5 Å². The van der Waals surface area contributed by atoms with Crippen molar-refractivity contribution in [1.29, 1.82) is 0 Å². The molecule has 0 bridgehead atoms. The summed E-state index contributed by atoms with van der Waals surface area (Å²) < 4.78 is 4.81. The maximum atomic E-state index is 10.4. The van der Waals surface area contributed by atoms with Gasteiger partial charge in [0.25, 0.3) is 0 Å². The van der Waals surface area contributed by atoms with E-state index in [9.17, 15) is 4.79 Å². The summed E-state index contributed by atoms with van der Waals surface area (Å²) in [6, 6.07) is 9.95. The molecule has 1 radical (unpaired) electrons. The number of hydrogen-bond donors (Lipinski definition) is 0. The summed E-state index contributed by atoms with van der Waals surface area (Å²) in [5.74, 6) is -0.217. The zero-order valence-corrected chi connectivity index (χ0v) is 8.12. The minimum absolute atomic E-state index is 0. The van der Waals surface area contributed by atoms with Crippen molar-refractivity contribution in [2.24, 2.45) is 0 Å².